The number of rotatable bonds is 6. The number of aliphatic hydroxyl groups excluding tert-OH is 1. The molecule has 2 aliphatic carbocycles. The monoisotopic (exact) mass is 562 g/mol. The quantitative estimate of drug-likeness (QED) is 0.392. The summed E-state index contributed by atoms with van der Waals surface area (Å²) in [6.07, 6.45) is 7.45. The van der Waals surface area contributed by atoms with E-state index in [0.29, 0.717) is 42.1 Å². The Morgan fingerprint density at radius 1 is 1.00 bits per heavy atom. The Kier molecular flexibility index (Phi) is 8.78. The minimum absolute atomic E-state index is 0.00414. The Morgan fingerprint density at radius 3 is 2.37 bits per heavy atom. The number of likely N-dealkylation sites (tertiary alicyclic amines) is 1. The number of allylic oxidation sites excluding steroid dienone is 2. The Labute approximate surface area is 240 Å². The molecule has 0 bridgehead atoms. The van der Waals surface area contributed by atoms with E-state index in [9.17, 15) is 29.3 Å². The van der Waals surface area contributed by atoms with Crippen LogP contribution >= 0.6 is 0 Å². The number of nitrogens with zero attached hydrogens (tertiary/aromatic N) is 1. The zero-order valence-corrected chi connectivity index (χ0v) is 23.4. The lowest BCUT2D eigenvalue weighted by Gasteiger charge is -2.42. The van der Waals surface area contributed by atoms with E-state index >= 15 is 0 Å². The summed E-state index contributed by atoms with van der Waals surface area (Å²) in [5.74, 6) is 0.112. The van der Waals surface area contributed by atoms with Crippen molar-refractivity contribution in [2.24, 2.45) is 17.8 Å². The van der Waals surface area contributed by atoms with Crippen LogP contribution < -0.4 is 5.32 Å². The van der Waals surface area contributed by atoms with Gasteiger partial charge in [-0.05, 0) is 103 Å². The Morgan fingerprint density at radius 2 is 1.71 bits per heavy atom. The number of carbonyl (C=O) groups is 2. The highest BCUT2D eigenvalue weighted by molar-refractivity contribution is 5.95. The molecule has 0 spiro atoms. The lowest BCUT2D eigenvalue weighted by Crippen LogP contribution is -2.43. The largest absolute Gasteiger partial charge is 0.508 e. The van der Waals surface area contributed by atoms with Crippen LogP contribution in [0.2, 0.25) is 0 Å². The van der Waals surface area contributed by atoms with Crippen molar-refractivity contribution in [1.29, 1.82) is 0 Å². The van der Waals surface area contributed by atoms with Crippen molar-refractivity contribution in [2.45, 2.75) is 57.2 Å². The van der Waals surface area contributed by atoms with E-state index in [1.807, 2.05) is 11.0 Å². The van der Waals surface area contributed by atoms with Gasteiger partial charge in [-0.2, -0.15) is 0 Å². The second-order valence-electron chi connectivity index (χ2n) is 11.8. The molecule has 218 valence electrons. The highest BCUT2D eigenvalue weighted by Gasteiger charge is 2.37. The third-order valence-corrected chi connectivity index (χ3v) is 9.09. The molecule has 0 aromatic heterocycles. The average molecular weight is 563 g/mol. The van der Waals surface area contributed by atoms with E-state index in [-0.39, 0.29) is 47.6 Å². The number of phenols is 2. The van der Waals surface area contributed by atoms with Gasteiger partial charge in [-0.1, -0.05) is 25.1 Å². The molecule has 1 saturated heterocycles. The van der Waals surface area contributed by atoms with Crippen molar-refractivity contribution < 1.29 is 29.3 Å². The lowest BCUT2D eigenvalue weighted by atomic mass is 9.69. The topological polar surface area (TPSA) is 110 Å². The number of nitrogens with one attached hydrogen (secondary N) is 1. The van der Waals surface area contributed by atoms with Gasteiger partial charge < -0.3 is 25.5 Å². The zero-order chi connectivity index (χ0) is 29.1. The number of piperidine rings is 1. The van der Waals surface area contributed by atoms with Crippen LogP contribution in [-0.4, -0.2) is 63.9 Å². The molecule has 41 heavy (non-hydrogen) atoms. The number of halogens is 1. The molecule has 3 aliphatic rings. The van der Waals surface area contributed by atoms with Gasteiger partial charge in [-0.25, -0.2) is 4.39 Å². The van der Waals surface area contributed by atoms with Crippen molar-refractivity contribution in [3.63, 3.8) is 0 Å². The molecule has 1 saturated carbocycles. The average Bonchev–Trinajstić information content (AvgIpc) is 2.97. The van der Waals surface area contributed by atoms with E-state index in [1.165, 1.54) is 24.3 Å². The number of alkyl halides is 1. The number of aromatic hydroxyl groups is 2. The smallest absolute Gasteiger partial charge is 0.253 e. The minimum Gasteiger partial charge on any atom is -0.508 e. The molecule has 2 amide bonds. The summed E-state index contributed by atoms with van der Waals surface area (Å²) in [6, 6.07) is 11.2. The molecule has 0 radical (unpaired) electrons. The number of amides is 2. The van der Waals surface area contributed by atoms with Crippen molar-refractivity contribution in [1.82, 2.24) is 10.2 Å². The zero-order valence-electron chi connectivity index (χ0n) is 23.4. The molecule has 2 fully saturated rings. The molecule has 2 aromatic carbocycles. The second kappa shape index (κ2) is 12.5. The molecule has 5 rings (SSSR count). The van der Waals surface area contributed by atoms with Crippen LogP contribution in [0.15, 0.2) is 66.3 Å². The van der Waals surface area contributed by atoms with E-state index in [2.05, 4.69) is 5.32 Å². The predicted octanol–water partition coefficient (Wildman–Crippen LogP) is 5.10. The molecule has 8 heteroatoms. The van der Waals surface area contributed by atoms with Crippen molar-refractivity contribution in [3.05, 3.63) is 83.0 Å². The number of benzene rings is 2. The van der Waals surface area contributed by atoms with Gasteiger partial charge >= 0.3 is 0 Å². The van der Waals surface area contributed by atoms with Gasteiger partial charge in [0.25, 0.3) is 11.8 Å². The van der Waals surface area contributed by atoms with Gasteiger partial charge in [0, 0.05) is 36.7 Å². The molecule has 1 heterocycles. The van der Waals surface area contributed by atoms with E-state index in [0.717, 1.165) is 31.2 Å². The molecule has 2 aromatic rings. The van der Waals surface area contributed by atoms with Crippen molar-refractivity contribution >= 4 is 11.8 Å². The van der Waals surface area contributed by atoms with Crippen LogP contribution in [0.1, 0.15) is 71.2 Å². The van der Waals surface area contributed by atoms with Crippen molar-refractivity contribution in [3.8, 4) is 11.5 Å². The van der Waals surface area contributed by atoms with E-state index in [4.69, 9.17) is 0 Å². The third kappa shape index (κ3) is 6.64. The van der Waals surface area contributed by atoms with Gasteiger partial charge in [0.1, 0.15) is 17.7 Å². The molecule has 5 atom stereocenters. The van der Waals surface area contributed by atoms with Gasteiger partial charge in [0.15, 0.2) is 0 Å². The second-order valence-corrected chi connectivity index (χ2v) is 11.8. The first-order valence-corrected chi connectivity index (χ1v) is 14.6. The van der Waals surface area contributed by atoms with E-state index in [1.54, 1.807) is 37.3 Å². The number of carbonyl (C=O) groups excluding carboxylic acids is 2. The molecule has 1 aliphatic heterocycles. The maximum absolute atomic E-state index is 13.9. The standard InChI is InChI=1S/C33H39FN2O5/c1-20-2-3-21(16-29(20)34)19-35-32(40)25-7-11-28(31(39)18-25)24-6-10-27(30(38)17-24)22-12-14-36(15-13-22)33(41)23-4-8-26(37)9-5-23/h2-5,7-9,11,16,18,20,22,24,27,29-30,37-39H,6,10,12-15,17,19H2,1H3,(H,35,40)/t20?,24?,27?,29?,30-/m0/s1. The summed E-state index contributed by atoms with van der Waals surface area (Å²) >= 11 is 0. The van der Waals surface area contributed by atoms with Gasteiger partial charge in [-0.3, -0.25) is 9.59 Å². The summed E-state index contributed by atoms with van der Waals surface area (Å²) in [5.41, 5.74) is 2.35. The van der Waals surface area contributed by atoms with Crippen LogP contribution in [0.3, 0.4) is 0 Å². The van der Waals surface area contributed by atoms with Gasteiger partial charge in [0.05, 0.1) is 6.10 Å². The summed E-state index contributed by atoms with van der Waals surface area (Å²) in [7, 11) is 0. The fourth-order valence-electron chi connectivity index (χ4n) is 6.55. The molecule has 4 N–H and O–H groups in total. The number of aliphatic hydroxyl groups is 1. The molecule has 4 unspecified atom stereocenters. The van der Waals surface area contributed by atoms with E-state index < -0.39 is 12.3 Å². The first kappa shape index (κ1) is 28.9. The number of hydrogen-bond donors (Lipinski definition) is 4. The lowest BCUT2D eigenvalue weighted by molar-refractivity contribution is 0.00874. The van der Waals surface area contributed by atoms with Crippen LogP contribution in [0.4, 0.5) is 4.39 Å². The number of phenolic OH excluding ortho intramolecular Hbond substituents is 2. The first-order chi connectivity index (χ1) is 19.7. The fraction of sp³-hybridized carbons (Fsp3) is 0.455. The Balaban J connectivity index is 1.12. The summed E-state index contributed by atoms with van der Waals surface area (Å²) in [4.78, 5) is 27.3. The Bertz CT molecular complexity index is 1320. The maximum Gasteiger partial charge on any atom is 0.253 e. The summed E-state index contributed by atoms with van der Waals surface area (Å²) in [6.45, 7) is 3.30. The predicted molar refractivity (Wildman–Crippen MR) is 155 cm³/mol. The summed E-state index contributed by atoms with van der Waals surface area (Å²) < 4.78 is 13.9. The normalized spacial score (nSPS) is 26.9. The Hall–Kier alpha value is -3.65. The van der Waals surface area contributed by atoms with Gasteiger partial charge in [0.2, 0.25) is 0 Å². The highest BCUT2D eigenvalue weighted by atomic mass is 19.1. The maximum atomic E-state index is 13.9. The van der Waals surface area contributed by atoms with Crippen LogP contribution in [0.25, 0.3) is 0 Å². The highest BCUT2D eigenvalue weighted by Crippen LogP contribution is 2.44. The minimum atomic E-state index is -1.06. The number of hydrogen-bond acceptors (Lipinski definition) is 5. The van der Waals surface area contributed by atoms with Crippen LogP contribution in [0, 0.1) is 17.8 Å². The summed E-state index contributed by atoms with van der Waals surface area (Å²) in [5, 5.41) is 34.2. The first-order valence-electron chi connectivity index (χ1n) is 14.6. The molecular formula is C33H39FN2O5. The third-order valence-electron chi connectivity index (χ3n) is 9.09. The van der Waals surface area contributed by atoms with Crippen LogP contribution in [-0.2, 0) is 0 Å². The van der Waals surface area contributed by atoms with Crippen LogP contribution in [0.5, 0.6) is 11.5 Å². The molecular weight excluding hydrogens is 523 g/mol. The van der Waals surface area contributed by atoms with Crippen molar-refractivity contribution in [2.75, 3.05) is 19.6 Å². The molecule has 7 nitrogen and oxygen atoms in total. The fourth-order valence-corrected chi connectivity index (χ4v) is 6.55. The van der Waals surface area contributed by atoms with Gasteiger partial charge in [-0.15, -0.1) is 0 Å². The SMILES string of the molecule is CC1C=CC(CNC(=O)c2ccc(C3CCC(C4CCN(C(=O)c5ccc(O)cc5)CC4)[C@@H](O)C3)c(O)c2)=CC1F.